The lowest BCUT2D eigenvalue weighted by Crippen LogP contribution is -2.29. The summed E-state index contributed by atoms with van der Waals surface area (Å²) in [4.78, 5) is 1.85. The maximum Gasteiger partial charge on any atom is 0.113 e. The predicted octanol–water partition coefficient (Wildman–Crippen LogP) is 7.60. The van der Waals surface area contributed by atoms with Crippen LogP contribution in [0, 0.1) is 5.41 Å². The predicted molar refractivity (Wildman–Crippen MR) is 135 cm³/mol. The first-order valence-electron chi connectivity index (χ1n) is 11.5. The summed E-state index contributed by atoms with van der Waals surface area (Å²) in [6.45, 7) is 16.0. The molecule has 3 aromatic carbocycles. The molecule has 0 N–H and O–H groups in total. The number of benzene rings is 3. The summed E-state index contributed by atoms with van der Waals surface area (Å²) in [6, 6.07) is 25.7. The van der Waals surface area contributed by atoms with Gasteiger partial charge < -0.3 is 0 Å². The number of fused-ring (bicyclic) bond motifs is 1. The maximum atomic E-state index is 4.90. The molecule has 0 aliphatic heterocycles. The van der Waals surface area contributed by atoms with E-state index in [1.807, 2.05) is 10.9 Å². The molecule has 0 aliphatic carbocycles. The van der Waals surface area contributed by atoms with Gasteiger partial charge in [-0.2, -0.15) is 15.0 Å². The van der Waals surface area contributed by atoms with Crippen molar-refractivity contribution in [3.8, 4) is 11.1 Å². The van der Waals surface area contributed by atoms with E-state index in [-0.39, 0.29) is 16.4 Å². The summed E-state index contributed by atoms with van der Waals surface area (Å²) in [5.74, 6) is 0. The SMILES string of the molecule is CC(C)(C)CC(C)(C)c1ccccc1-c1ccc2nn(C(C)(C)c3ccccc3)nc2c1. The Morgan fingerprint density at radius 1 is 0.688 bits per heavy atom. The lowest BCUT2D eigenvalue weighted by molar-refractivity contribution is 0.284. The Morgan fingerprint density at radius 3 is 2.00 bits per heavy atom. The Kier molecular flexibility index (Phi) is 5.48. The van der Waals surface area contributed by atoms with Gasteiger partial charge >= 0.3 is 0 Å². The Balaban J connectivity index is 1.77. The lowest BCUT2D eigenvalue weighted by Gasteiger charge is -2.34. The molecule has 0 fully saturated rings. The topological polar surface area (TPSA) is 30.7 Å². The number of hydrogen-bond acceptors (Lipinski definition) is 2. The molecule has 0 spiro atoms. The van der Waals surface area contributed by atoms with Crippen molar-refractivity contribution >= 4 is 11.0 Å². The molecule has 4 aromatic rings. The summed E-state index contributed by atoms with van der Waals surface area (Å²) in [5.41, 5.74) is 6.89. The molecule has 1 heterocycles. The van der Waals surface area contributed by atoms with Crippen LogP contribution in [0.4, 0.5) is 0 Å². The second kappa shape index (κ2) is 7.88. The summed E-state index contributed by atoms with van der Waals surface area (Å²) in [5, 5.41) is 9.72. The van der Waals surface area contributed by atoms with E-state index in [1.165, 1.54) is 22.3 Å². The van der Waals surface area contributed by atoms with Gasteiger partial charge in [-0.15, -0.1) is 0 Å². The Labute approximate surface area is 192 Å². The van der Waals surface area contributed by atoms with Crippen LogP contribution in [0.25, 0.3) is 22.2 Å². The van der Waals surface area contributed by atoms with Gasteiger partial charge in [0.25, 0.3) is 0 Å². The molecule has 0 radical (unpaired) electrons. The highest BCUT2D eigenvalue weighted by atomic mass is 15.5. The van der Waals surface area contributed by atoms with E-state index in [1.54, 1.807) is 0 Å². The van der Waals surface area contributed by atoms with E-state index in [2.05, 4.69) is 115 Å². The third-order valence-corrected chi connectivity index (χ3v) is 6.30. The molecule has 3 heteroatoms. The quantitative estimate of drug-likeness (QED) is 0.330. The van der Waals surface area contributed by atoms with E-state index in [0.29, 0.717) is 0 Å². The van der Waals surface area contributed by atoms with Crippen molar-refractivity contribution in [3.63, 3.8) is 0 Å². The van der Waals surface area contributed by atoms with Crippen molar-refractivity contribution < 1.29 is 0 Å². The van der Waals surface area contributed by atoms with Gasteiger partial charge in [0.2, 0.25) is 0 Å². The van der Waals surface area contributed by atoms with Gasteiger partial charge in [0, 0.05) is 0 Å². The van der Waals surface area contributed by atoms with Gasteiger partial charge in [0.05, 0.1) is 0 Å². The minimum absolute atomic E-state index is 0.0662. The molecule has 0 unspecified atom stereocenters. The molecule has 0 amide bonds. The highest BCUT2D eigenvalue weighted by Gasteiger charge is 2.30. The van der Waals surface area contributed by atoms with E-state index >= 15 is 0 Å². The normalized spacial score (nSPS) is 13.0. The van der Waals surface area contributed by atoms with Crippen molar-refractivity contribution in [2.24, 2.45) is 5.41 Å². The van der Waals surface area contributed by atoms with Crippen LogP contribution in [0.5, 0.6) is 0 Å². The van der Waals surface area contributed by atoms with Gasteiger partial charge in [-0.05, 0) is 65.5 Å². The molecule has 0 atom stereocenters. The monoisotopic (exact) mass is 425 g/mol. The zero-order valence-corrected chi connectivity index (χ0v) is 20.5. The fourth-order valence-electron chi connectivity index (χ4n) is 5.04. The maximum absolute atomic E-state index is 4.90. The molecular formula is C29H35N3. The zero-order chi connectivity index (χ0) is 23.1. The second-order valence-corrected chi connectivity index (χ2v) is 11.3. The first-order chi connectivity index (χ1) is 15.0. The first-order valence-corrected chi connectivity index (χ1v) is 11.5. The minimum Gasteiger partial charge on any atom is -0.174 e. The average molecular weight is 426 g/mol. The fourth-order valence-corrected chi connectivity index (χ4v) is 5.04. The van der Waals surface area contributed by atoms with Crippen LogP contribution < -0.4 is 0 Å². The summed E-state index contributed by atoms with van der Waals surface area (Å²) in [6.07, 6.45) is 1.11. The Hall–Kier alpha value is -2.94. The van der Waals surface area contributed by atoms with Crippen molar-refractivity contribution in [2.75, 3.05) is 0 Å². The van der Waals surface area contributed by atoms with Crippen molar-refractivity contribution in [2.45, 2.75) is 65.8 Å². The molecule has 0 aliphatic rings. The van der Waals surface area contributed by atoms with Crippen LogP contribution in [0.15, 0.2) is 72.8 Å². The highest BCUT2D eigenvalue weighted by Crippen LogP contribution is 2.41. The number of hydrogen-bond donors (Lipinski definition) is 0. The van der Waals surface area contributed by atoms with Crippen molar-refractivity contribution in [3.05, 3.63) is 83.9 Å². The summed E-state index contributed by atoms with van der Waals surface area (Å²) in [7, 11) is 0. The van der Waals surface area contributed by atoms with Crippen LogP contribution in [-0.4, -0.2) is 15.0 Å². The second-order valence-electron chi connectivity index (χ2n) is 11.3. The molecule has 3 nitrogen and oxygen atoms in total. The Morgan fingerprint density at radius 2 is 1.31 bits per heavy atom. The van der Waals surface area contributed by atoms with Crippen LogP contribution in [0.2, 0.25) is 0 Å². The molecule has 0 saturated carbocycles. The Bertz CT molecular complexity index is 1220. The van der Waals surface area contributed by atoms with Gasteiger partial charge in [0.15, 0.2) is 0 Å². The van der Waals surface area contributed by atoms with Crippen molar-refractivity contribution in [1.29, 1.82) is 0 Å². The highest BCUT2D eigenvalue weighted by molar-refractivity contribution is 5.82. The number of aromatic nitrogens is 3. The lowest BCUT2D eigenvalue weighted by atomic mass is 9.70. The van der Waals surface area contributed by atoms with Crippen LogP contribution in [0.3, 0.4) is 0 Å². The third-order valence-electron chi connectivity index (χ3n) is 6.30. The van der Waals surface area contributed by atoms with Gasteiger partial charge in [0.1, 0.15) is 16.6 Å². The first kappa shape index (κ1) is 22.3. The van der Waals surface area contributed by atoms with E-state index in [9.17, 15) is 0 Å². The minimum atomic E-state index is -0.326. The van der Waals surface area contributed by atoms with Gasteiger partial charge in [-0.25, -0.2) is 0 Å². The summed E-state index contributed by atoms with van der Waals surface area (Å²) < 4.78 is 0. The number of rotatable bonds is 5. The largest absolute Gasteiger partial charge is 0.174 e. The van der Waals surface area contributed by atoms with Gasteiger partial charge in [-0.1, -0.05) is 95.3 Å². The molecule has 0 saturated heterocycles. The molecule has 4 rings (SSSR count). The van der Waals surface area contributed by atoms with Crippen LogP contribution in [-0.2, 0) is 11.0 Å². The number of nitrogens with zero attached hydrogens (tertiary/aromatic N) is 3. The standard InChI is InChI=1S/C29H35N3/c1-27(2,3)20-28(4,5)24-16-12-11-15-23(24)21-17-18-25-26(19-21)31-32(30-25)29(6,7)22-13-9-8-10-14-22/h8-19H,20H2,1-7H3. The molecule has 0 bridgehead atoms. The molecule has 166 valence electrons. The average Bonchev–Trinajstić information content (AvgIpc) is 3.17. The fraction of sp³-hybridized carbons (Fsp3) is 0.379. The van der Waals surface area contributed by atoms with E-state index < -0.39 is 0 Å². The molecule has 32 heavy (non-hydrogen) atoms. The smallest absolute Gasteiger partial charge is 0.113 e. The van der Waals surface area contributed by atoms with Gasteiger partial charge in [-0.3, -0.25) is 0 Å². The van der Waals surface area contributed by atoms with E-state index in [0.717, 1.165) is 17.5 Å². The summed E-state index contributed by atoms with van der Waals surface area (Å²) >= 11 is 0. The van der Waals surface area contributed by atoms with E-state index in [4.69, 9.17) is 10.2 Å². The zero-order valence-electron chi connectivity index (χ0n) is 20.5. The molecule has 1 aromatic heterocycles. The third kappa shape index (κ3) is 4.34. The van der Waals surface area contributed by atoms with Crippen LogP contribution >= 0.6 is 0 Å². The molecular weight excluding hydrogens is 390 g/mol. The van der Waals surface area contributed by atoms with Crippen LogP contribution in [0.1, 0.15) is 66.0 Å². The van der Waals surface area contributed by atoms with Crippen molar-refractivity contribution in [1.82, 2.24) is 15.0 Å².